The van der Waals surface area contributed by atoms with E-state index in [1.165, 1.54) is 32.1 Å². The average molecular weight is 249 g/mol. The lowest BCUT2D eigenvalue weighted by Crippen LogP contribution is -2.17. The number of rotatable bonds is 5. The minimum Gasteiger partial charge on any atom is -0.355 e. The Morgan fingerprint density at radius 2 is 2.06 bits per heavy atom. The van der Waals surface area contributed by atoms with Gasteiger partial charge in [-0.2, -0.15) is 0 Å². The molecule has 0 saturated heterocycles. The highest BCUT2D eigenvalue weighted by molar-refractivity contribution is 5.28. The van der Waals surface area contributed by atoms with E-state index in [4.69, 9.17) is 0 Å². The van der Waals surface area contributed by atoms with Crippen LogP contribution in [0.25, 0.3) is 0 Å². The largest absolute Gasteiger partial charge is 0.355 e. The van der Waals surface area contributed by atoms with Crippen LogP contribution in [-0.2, 0) is 6.54 Å². The molecular formula is C15H27N3. The van der Waals surface area contributed by atoms with Gasteiger partial charge in [0.05, 0.1) is 5.69 Å². The van der Waals surface area contributed by atoms with Crippen LogP contribution in [0.3, 0.4) is 0 Å². The van der Waals surface area contributed by atoms with E-state index in [0.29, 0.717) is 5.92 Å². The zero-order chi connectivity index (χ0) is 13.0. The van der Waals surface area contributed by atoms with Crippen molar-refractivity contribution in [3.8, 4) is 0 Å². The molecule has 1 aliphatic carbocycles. The quantitative estimate of drug-likeness (QED) is 0.859. The summed E-state index contributed by atoms with van der Waals surface area (Å²) in [4.78, 5) is 4.60. The van der Waals surface area contributed by atoms with Gasteiger partial charge in [0.25, 0.3) is 0 Å². The van der Waals surface area contributed by atoms with Crippen LogP contribution in [0.2, 0.25) is 0 Å². The summed E-state index contributed by atoms with van der Waals surface area (Å²) in [5.74, 6) is 2.57. The summed E-state index contributed by atoms with van der Waals surface area (Å²) in [5, 5.41) is 3.47. The molecule has 0 aliphatic heterocycles. The highest BCUT2D eigenvalue weighted by Crippen LogP contribution is 2.26. The Hall–Kier alpha value is -0.990. The number of aromatic nitrogens is 2. The third-order valence-electron chi connectivity index (χ3n) is 3.75. The zero-order valence-electron chi connectivity index (χ0n) is 12.1. The second-order valence-electron chi connectivity index (χ2n) is 6.14. The molecule has 1 aliphatic rings. The minimum atomic E-state index is 0.658. The molecule has 1 fully saturated rings. The highest BCUT2D eigenvalue weighted by Gasteiger charge is 2.16. The lowest BCUT2D eigenvalue weighted by Gasteiger charge is -2.23. The molecule has 1 N–H and O–H groups in total. The summed E-state index contributed by atoms with van der Waals surface area (Å²) in [7, 11) is 0. The number of aryl methyl sites for hydroxylation is 1. The third-order valence-corrected chi connectivity index (χ3v) is 3.75. The predicted octanol–water partition coefficient (Wildman–Crippen LogP) is 3.84. The molecule has 3 heteroatoms. The molecule has 2 rings (SSSR count). The van der Waals surface area contributed by atoms with E-state index in [2.05, 4.69) is 41.8 Å². The molecule has 1 aromatic rings. The minimum absolute atomic E-state index is 0.658. The molecule has 1 aromatic heterocycles. The monoisotopic (exact) mass is 249 g/mol. The molecule has 0 spiro atoms. The first-order valence-electron chi connectivity index (χ1n) is 7.43. The number of imidazole rings is 1. The van der Waals surface area contributed by atoms with Gasteiger partial charge in [-0.3, -0.25) is 0 Å². The standard InChI is InChI=1S/C15H27N3/c1-12(2)9-16-15-17-13(3)10-18(15)11-14-7-5-4-6-8-14/h10,12,14H,4-9,11H2,1-3H3,(H,16,17). The molecule has 3 nitrogen and oxygen atoms in total. The van der Waals surface area contributed by atoms with Gasteiger partial charge in [0, 0.05) is 19.3 Å². The van der Waals surface area contributed by atoms with Gasteiger partial charge in [0.2, 0.25) is 5.95 Å². The molecule has 0 amide bonds. The van der Waals surface area contributed by atoms with Crippen LogP contribution >= 0.6 is 0 Å². The summed E-state index contributed by atoms with van der Waals surface area (Å²) < 4.78 is 2.33. The fraction of sp³-hybridized carbons (Fsp3) is 0.800. The number of hydrogen-bond donors (Lipinski definition) is 1. The Balaban J connectivity index is 1.97. The summed E-state index contributed by atoms with van der Waals surface area (Å²) in [6, 6.07) is 0. The molecule has 18 heavy (non-hydrogen) atoms. The van der Waals surface area contributed by atoms with Gasteiger partial charge < -0.3 is 9.88 Å². The van der Waals surface area contributed by atoms with Gasteiger partial charge in [0.1, 0.15) is 0 Å². The number of anilines is 1. The van der Waals surface area contributed by atoms with Crippen LogP contribution in [-0.4, -0.2) is 16.1 Å². The van der Waals surface area contributed by atoms with E-state index in [0.717, 1.165) is 30.6 Å². The molecule has 0 bridgehead atoms. The molecule has 1 saturated carbocycles. The third kappa shape index (κ3) is 3.76. The van der Waals surface area contributed by atoms with Crippen molar-refractivity contribution in [2.24, 2.45) is 11.8 Å². The molecular weight excluding hydrogens is 222 g/mol. The van der Waals surface area contributed by atoms with E-state index in [-0.39, 0.29) is 0 Å². The van der Waals surface area contributed by atoms with Crippen molar-refractivity contribution >= 4 is 5.95 Å². The SMILES string of the molecule is Cc1cn(CC2CCCCC2)c(NCC(C)C)n1. The van der Waals surface area contributed by atoms with Crippen molar-refractivity contribution < 1.29 is 0 Å². The Bertz CT molecular complexity index is 362. The fourth-order valence-corrected chi connectivity index (χ4v) is 2.77. The fourth-order valence-electron chi connectivity index (χ4n) is 2.77. The average Bonchev–Trinajstić information content (AvgIpc) is 2.68. The van der Waals surface area contributed by atoms with Crippen molar-refractivity contribution in [1.29, 1.82) is 0 Å². The summed E-state index contributed by atoms with van der Waals surface area (Å²) in [5.41, 5.74) is 1.12. The normalized spacial score (nSPS) is 17.3. The van der Waals surface area contributed by atoms with Gasteiger partial charge in [-0.1, -0.05) is 33.1 Å². The first kappa shape index (κ1) is 13.4. The highest BCUT2D eigenvalue weighted by atomic mass is 15.2. The Morgan fingerprint density at radius 3 is 2.72 bits per heavy atom. The van der Waals surface area contributed by atoms with Gasteiger partial charge >= 0.3 is 0 Å². The topological polar surface area (TPSA) is 29.9 Å². The Labute approximate surface area is 111 Å². The zero-order valence-corrected chi connectivity index (χ0v) is 12.1. The number of nitrogens with zero attached hydrogens (tertiary/aromatic N) is 2. The smallest absolute Gasteiger partial charge is 0.203 e. The van der Waals surface area contributed by atoms with Crippen LogP contribution < -0.4 is 5.32 Å². The first-order chi connectivity index (χ1) is 8.65. The van der Waals surface area contributed by atoms with E-state index in [1.54, 1.807) is 0 Å². The number of hydrogen-bond acceptors (Lipinski definition) is 2. The van der Waals surface area contributed by atoms with Crippen molar-refractivity contribution in [3.63, 3.8) is 0 Å². The van der Waals surface area contributed by atoms with Gasteiger partial charge in [-0.25, -0.2) is 4.98 Å². The first-order valence-corrected chi connectivity index (χ1v) is 7.43. The van der Waals surface area contributed by atoms with Crippen LogP contribution in [0.4, 0.5) is 5.95 Å². The number of nitrogens with one attached hydrogen (secondary N) is 1. The molecule has 0 radical (unpaired) electrons. The molecule has 0 unspecified atom stereocenters. The Kier molecular flexibility index (Phi) is 4.67. The molecule has 1 heterocycles. The van der Waals surface area contributed by atoms with Crippen molar-refractivity contribution in [2.45, 2.75) is 59.4 Å². The second kappa shape index (κ2) is 6.26. The van der Waals surface area contributed by atoms with Crippen LogP contribution in [0.1, 0.15) is 51.6 Å². The van der Waals surface area contributed by atoms with Crippen LogP contribution in [0.5, 0.6) is 0 Å². The maximum absolute atomic E-state index is 4.60. The van der Waals surface area contributed by atoms with E-state index >= 15 is 0 Å². The lowest BCUT2D eigenvalue weighted by atomic mass is 9.89. The van der Waals surface area contributed by atoms with Crippen molar-refractivity contribution in [2.75, 3.05) is 11.9 Å². The lowest BCUT2D eigenvalue weighted by molar-refractivity contribution is 0.320. The molecule has 0 atom stereocenters. The molecule has 0 aromatic carbocycles. The van der Waals surface area contributed by atoms with E-state index in [9.17, 15) is 0 Å². The maximum Gasteiger partial charge on any atom is 0.203 e. The van der Waals surface area contributed by atoms with Gasteiger partial charge in [-0.05, 0) is 31.6 Å². The van der Waals surface area contributed by atoms with Crippen LogP contribution in [0, 0.1) is 18.8 Å². The van der Waals surface area contributed by atoms with Crippen molar-refractivity contribution in [1.82, 2.24) is 9.55 Å². The summed E-state index contributed by atoms with van der Waals surface area (Å²) in [6.45, 7) is 8.68. The van der Waals surface area contributed by atoms with Crippen LogP contribution in [0.15, 0.2) is 6.20 Å². The van der Waals surface area contributed by atoms with E-state index < -0.39 is 0 Å². The van der Waals surface area contributed by atoms with Gasteiger partial charge in [-0.15, -0.1) is 0 Å². The summed E-state index contributed by atoms with van der Waals surface area (Å²) >= 11 is 0. The molecule has 102 valence electrons. The summed E-state index contributed by atoms with van der Waals surface area (Å²) in [6.07, 6.45) is 9.22. The van der Waals surface area contributed by atoms with E-state index in [1.807, 2.05) is 0 Å². The second-order valence-corrected chi connectivity index (χ2v) is 6.14. The predicted molar refractivity (Wildman–Crippen MR) is 76.9 cm³/mol. The van der Waals surface area contributed by atoms with Gasteiger partial charge in [0.15, 0.2) is 0 Å². The Morgan fingerprint density at radius 1 is 1.33 bits per heavy atom. The van der Waals surface area contributed by atoms with Crippen molar-refractivity contribution in [3.05, 3.63) is 11.9 Å². The maximum atomic E-state index is 4.60.